The molecule has 0 heterocycles. The summed E-state index contributed by atoms with van der Waals surface area (Å²) in [7, 11) is -2.35. The molecule has 0 aliphatic heterocycles. The van der Waals surface area contributed by atoms with Crippen LogP contribution >= 0.6 is 0 Å². The Hall–Kier alpha value is -1.40. The van der Waals surface area contributed by atoms with Crippen molar-refractivity contribution in [2.75, 3.05) is 7.11 Å². The third-order valence-corrected chi connectivity index (χ3v) is 4.59. The topological polar surface area (TPSA) is 72.5 Å². The Balaban J connectivity index is 3.10. The average Bonchev–Trinajstić information content (AvgIpc) is 2.37. The number of nitrogens with one attached hydrogen (secondary N) is 1. The molecular weight excluding hydrogens is 278 g/mol. The summed E-state index contributed by atoms with van der Waals surface area (Å²) in [6.45, 7) is 5.54. The third kappa shape index (κ3) is 4.05. The fourth-order valence-electron chi connectivity index (χ4n) is 1.92. The molecule has 6 heteroatoms. The molecule has 0 radical (unpaired) electrons. The van der Waals surface area contributed by atoms with Crippen molar-refractivity contribution >= 4 is 16.0 Å². The highest BCUT2D eigenvalue weighted by Gasteiger charge is 2.20. The minimum atomic E-state index is -3.62. The Morgan fingerprint density at radius 2 is 2.05 bits per heavy atom. The number of rotatable bonds is 6. The smallest absolute Gasteiger partial charge is 0.338 e. The molecule has 1 aromatic carbocycles. The second-order valence-electron chi connectivity index (χ2n) is 4.78. The average molecular weight is 299 g/mol. The predicted octanol–water partition coefficient (Wildman–Crippen LogP) is 2.25. The van der Waals surface area contributed by atoms with Gasteiger partial charge in [-0.05, 0) is 38.0 Å². The number of aryl methyl sites for hydroxylation is 1. The molecule has 0 aliphatic carbocycles. The number of methoxy groups -OCH3 is 1. The van der Waals surface area contributed by atoms with Gasteiger partial charge in [0, 0.05) is 6.04 Å². The Kier molecular flexibility index (Phi) is 5.71. The zero-order valence-corrected chi connectivity index (χ0v) is 13.1. The van der Waals surface area contributed by atoms with E-state index in [1.54, 1.807) is 13.0 Å². The molecule has 5 nitrogen and oxygen atoms in total. The van der Waals surface area contributed by atoms with Crippen LogP contribution in [0.1, 0.15) is 42.6 Å². The van der Waals surface area contributed by atoms with Crippen LogP contribution in [0.15, 0.2) is 23.1 Å². The minimum absolute atomic E-state index is 0.0754. The molecule has 0 aliphatic rings. The maximum absolute atomic E-state index is 12.2. The first-order valence-corrected chi connectivity index (χ1v) is 8.01. The molecule has 0 bridgehead atoms. The van der Waals surface area contributed by atoms with E-state index in [-0.39, 0.29) is 16.5 Å². The molecule has 1 rings (SSSR count). The van der Waals surface area contributed by atoms with E-state index in [0.29, 0.717) is 5.56 Å². The van der Waals surface area contributed by atoms with Crippen LogP contribution in [0.3, 0.4) is 0 Å². The minimum Gasteiger partial charge on any atom is -0.465 e. The summed E-state index contributed by atoms with van der Waals surface area (Å²) in [5, 5.41) is 0. The monoisotopic (exact) mass is 299 g/mol. The first kappa shape index (κ1) is 16.7. The standard InChI is InChI=1S/C14H21NO4S/c1-5-6-11(3)15-20(17,18)12-8-7-10(2)13(9-12)14(16)19-4/h7-9,11,15H,5-6H2,1-4H3/t11-/m0/s1. The second kappa shape index (κ2) is 6.85. The molecule has 0 aromatic heterocycles. The fraction of sp³-hybridized carbons (Fsp3) is 0.500. The van der Waals surface area contributed by atoms with E-state index >= 15 is 0 Å². The Labute approximate surface area is 120 Å². The summed E-state index contributed by atoms with van der Waals surface area (Å²) in [5.74, 6) is -0.541. The van der Waals surface area contributed by atoms with Crippen molar-refractivity contribution in [2.45, 2.75) is 44.6 Å². The number of benzene rings is 1. The summed E-state index contributed by atoms with van der Waals surface area (Å²) in [6.07, 6.45) is 1.65. The van der Waals surface area contributed by atoms with Gasteiger partial charge < -0.3 is 4.74 Å². The van der Waals surface area contributed by atoms with Crippen LogP contribution in [0, 0.1) is 6.92 Å². The Morgan fingerprint density at radius 3 is 2.60 bits per heavy atom. The Morgan fingerprint density at radius 1 is 1.40 bits per heavy atom. The number of carbonyl (C=O) groups is 1. The van der Waals surface area contributed by atoms with E-state index in [1.165, 1.54) is 19.2 Å². The van der Waals surface area contributed by atoms with Crippen molar-refractivity contribution in [3.63, 3.8) is 0 Å². The fourth-order valence-corrected chi connectivity index (χ4v) is 3.23. The lowest BCUT2D eigenvalue weighted by atomic mass is 10.1. The summed E-state index contributed by atoms with van der Waals surface area (Å²) in [4.78, 5) is 11.7. The summed E-state index contributed by atoms with van der Waals surface area (Å²) in [5.41, 5.74) is 0.941. The van der Waals surface area contributed by atoms with Crippen molar-refractivity contribution in [3.05, 3.63) is 29.3 Å². The van der Waals surface area contributed by atoms with Gasteiger partial charge in [-0.15, -0.1) is 0 Å². The molecular formula is C14H21NO4S. The van der Waals surface area contributed by atoms with Crippen molar-refractivity contribution in [3.8, 4) is 0 Å². The highest BCUT2D eigenvalue weighted by Crippen LogP contribution is 2.17. The molecule has 112 valence electrons. The van der Waals surface area contributed by atoms with Crippen LogP contribution in [0.25, 0.3) is 0 Å². The van der Waals surface area contributed by atoms with Crippen molar-refractivity contribution < 1.29 is 17.9 Å². The van der Waals surface area contributed by atoms with Gasteiger partial charge in [0.2, 0.25) is 10.0 Å². The summed E-state index contributed by atoms with van der Waals surface area (Å²) in [6, 6.07) is 4.30. The first-order valence-electron chi connectivity index (χ1n) is 6.53. The summed E-state index contributed by atoms with van der Waals surface area (Å²) >= 11 is 0. The maximum atomic E-state index is 12.2. The highest BCUT2D eigenvalue weighted by atomic mass is 32.2. The first-order chi connectivity index (χ1) is 9.31. The molecule has 1 N–H and O–H groups in total. The van der Waals surface area contributed by atoms with Gasteiger partial charge in [-0.1, -0.05) is 19.4 Å². The zero-order valence-electron chi connectivity index (χ0n) is 12.3. The molecule has 0 fully saturated rings. The van der Waals surface area contributed by atoms with Gasteiger partial charge in [-0.25, -0.2) is 17.9 Å². The van der Waals surface area contributed by atoms with Crippen LogP contribution in [0.5, 0.6) is 0 Å². The van der Waals surface area contributed by atoms with E-state index in [1.807, 2.05) is 13.8 Å². The number of carbonyl (C=O) groups excluding carboxylic acids is 1. The van der Waals surface area contributed by atoms with Gasteiger partial charge in [-0.3, -0.25) is 0 Å². The molecule has 1 atom stereocenters. The van der Waals surface area contributed by atoms with Gasteiger partial charge in [0.1, 0.15) is 0 Å². The number of hydrogen-bond acceptors (Lipinski definition) is 4. The van der Waals surface area contributed by atoms with Gasteiger partial charge in [0.15, 0.2) is 0 Å². The molecule has 1 aromatic rings. The SMILES string of the molecule is CCC[C@H](C)NS(=O)(=O)c1ccc(C)c(C(=O)OC)c1. The lowest BCUT2D eigenvalue weighted by Crippen LogP contribution is -2.32. The highest BCUT2D eigenvalue weighted by molar-refractivity contribution is 7.89. The largest absolute Gasteiger partial charge is 0.465 e. The van der Waals surface area contributed by atoms with E-state index in [9.17, 15) is 13.2 Å². The van der Waals surface area contributed by atoms with Gasteiger partial charge in [0.05, 0.1) is 17.6 Å². The lowest BCUT2D eigenvalue weighted by Gasteiger charge is -2.14. The number of ether oxygens (including phenoxy) is 1. The van der Waals surface area contributed by atoms with Gasteiger partial charge in [0.25, 0.3) is 0 Å². The van der Waals surface area contributed by atoms with Crippen molar-refractivity contribution in [1.82, 2.24) is 4.72 Å². The van der Waals surface area contributed by atoms with Gasteiger partial charge in [-0.2, -0.15) is 0 Å². The van der Waals surface area contributed by atoms with Crippen molar-refractivity contribution in [1.29, 1.82) is 0 Å². The quantitative estimate of drug-likeness (QED) is 0.818. The third-order valence-electron chi connectivity index (χ3n) is 3.00. The Bertz CT molecular complexity index is 581. The van der Waals surface area contributed by atoms with Crippen LogP contribution in [0.2, 0.25) is 0 Å². The molecule has 20 heavy (non-hydrogen) atoms. The van der Waals surface area contributed by atoms with Crippen LogP contribution in [0.4, 0.5) is 0 Å². The van der Waals surface area contributed by atoms with E-state index in [4.69, 9.17) is 0 Å². The molecule has 0 spiro atoms. The van der Waals surface area contributed by atoms with E-state index in [2.05, 4.69) is 9.46 Å². The lowest BCUT2D eigenvalue weighted by molar-refractivity contribution is 0.0599. The predicted molar refractivity (Wildman–Crippen MR) is 77.2 cm³/mol. The normalized spacial score (nSPS) is 13.0. The second-order valence-corrected chi connectivity index (χ2v) is 6.49. The molecule has 0 saturated heterocycles. The van der Waals surface area contributed by atoms with Crippen LogP contribution in [-0.2, 0) is 14.8 Å². The van der Waals surface area contributed by atoms with Gasteiger partial charge >= 0.3 is 5.97 Å². The van der Waals surface area contributed by atoms with E-state index in [0.717, 1.165) is 12.8 Å². The number of hydrogen-bond donors (Lipinski definition) is 1. The number of esters is 1. The number of sulfonamides is 1. The van der Waals surface area contributed by atoms with E-state index < -0.39 is 16.0 Å². The maximum Gasteiger partial charge on any atom is 0.338 e. The molecule has 0 saturated carbocycles. The van der Waals surface area contributed by atoms with Crippen molar-refractivity contribution in [2.24, 2.45) is 0 Å². The summed E-state index contributed by atoms with van der Waals surface area (Å²) < 4.78 is 31.7. The zero-order chi connectivity index (χ0) is 15.3. The molecule has 0 amide bonds. The van der Waals surface area contributed by atoms with Crippen LogP contribution < -0.4 is 4.72 Å². The van der Waals surface area contributed by atoms with Crippen LogP contribution in [-0.4, -0.2) is 27.5 Å². The molecule has 0 unspecified atom stereocenters.